The first-order valence-corrected chi connectivity index (χ1v) is 40.0. The van der Waals surface area contributed by atoms with E-state index >= 15 is 0 Å². The number of carbonyl (C=O) groups is 11. The quantitative estimate of drug-likeness (QED) is 0.0250. The standard InChI is InChI=1S/C74H115N9O18S3/c1-17-46(8)66(60(99-13)39-63(88)82-32-22-26-55(82)68(100-14)48(10)57(84)35-47(9)67(89)50-23-19-18-20-24-50)80(11)71(92)54(43(2)3)38-59(86)65(45(6)7)81(12)74(96)101-42-49-27-29-52(30-28-49)78-69(90)51(25-21-31-76-73(75)95)36-58(85)64(44(4)5)79-70(91)56-37-53(41-83(56)104(97,98)34-33-102-15)77-62(87)40-61(103-16)72(93)94/h18-20,23-24,27-30,40,43-48,51,53-56,60,64-68,89H,17,21-22,25-26,31-39,41-42H2,1-16H3,(H,77,87)(H,78,90)(H,79,91)(H,93,94)(H3,75,76,95)/b61-40+/t46?,47-,48-,51+,53-,54-,55-,56-,60?,64-,65-,66-,67+,68+/m0/s1. The molecule has 4 rings (SSSR count). The van der Waals surface area contributed by atoms with Gasteiger partial charge in [0.2, 0.25) is 39.6 Å². The number of benzene rings is 2. The van der Waals surface area contributed by atoms with Gasteiger partial charge in [0.05, 0.1) is 59.6 Å². The van der Waals surface area contributed by atoms with Gasteiger partial charge in [-0.25, -0.2) is 22.8 Å². The number of likely N-dealkylation sites (tertiary alicyclic amines) is 1. The number of anilines is 1. The van der Waals surface area contributed by atoms with Crippen molar-refractivity contribution in [2.75, 3.05) is 77.3 Å². The minimum Gasteiger partial charge on any atom is -0.477 e. The second-order valence-corrected chi connectivity index (χ2v) is 32.4. The number of rotatable bonds is 44. The molecule has 0 spiro atoms. The molecule has 2 heterocycles. The van der Waals surface area contributed by atoms with E-state index in [1.54, 1.807) is 89.1 Å². The van der Waals surface area contributed by atoms with Crippen molar-refractivity contribution < 1.29 is 85.6 Å². The van der Waals surface area contributed by atoms with Crippen molar-refractivity contribution in [3.8, 4) is 0 Å². The fraction of sp³-hybridized carbons (Fsp3) is 0.662. The van der Waals surface area contributed by atoms with Gasteiger partial charge in [-0.3, -0.25) is 38.4 Å². The number of aliphatic carboxylic acids is 1. The molecule has 2 aromatic carbocycles. The van der Waals surface area contributed by atoms with Gasteiger partial charge in [0.1, 0.15) is 18.4 Å². The van der Waals surface area contributed by atoms with Crippen LogP contribution in [0.1, 0.15) is 151 Å². The normalized spacial score (nSPS) is 18.9. The van der Waals surface area contributed by atoms with Gasteiger partial charge >= 0.3 is 18.1 Å². The predicted molar refractivity (Wildman–Crippen MR) is 401 cm³/mol. The Kier molecular flexibility index (Phi) is 37.0. The Morgan fingerprint density at radius 1 is 0.798 bits per heavy atom. The third-order valence-corrected chi connectivity index (χ3v) is 23.4. The maximum Gasteiger partial charge on any atom is 0.410 e. The Hall–Kier alpha value is -6.96. The van der Waals surface area contributed by atoms with Crippen LogP contribution in [0.3, 0.4) is 0 Å². The number of carbonyl (C=O) groups excluding carboxylic acids is 10. The number of nitrogens with zero attached hydrogens (tertiary/aromatic N) is 4. The molecule has 104 heavy (non-hydrogen) atoms. The molecule has 0 saturated carbocycles. The van der Waals surface area contributed by atoms with E-state index in [1.807, 2.05) is 65.0 Å². The van der Waals surface area contributed by atoms with Crippen LogP contribution in [0.2, 0.25) is 0 Å². The van der Waals surface area contributed by atoms with Crippen LogP contribution in [0.4, 0.5) is 15.3 Å². The van der Waals surface area contributed by atoms with Crippen LogP contribution < -0.4 is 27.0 Å². The molecule has 8 amide bonds. The zero-order valence-electron chi connectivity index (χ0n) is 63.4. The molecular weight excluding hydrogens is 1400 g/mol. The molecule has 14 atom stereocenters. The van der Waals surface area contributed by atoms with E-state index in [2.05, 4.69) is 21.3 Å². The average molecular weight is 1510 g/mol. The van der Waals surface area contributed by atoms with Gasteiger partial charge in [-0.2, -0.15) is 16.1 Å². The number of urea groups is 1. The number of sulfonamides is 1. The average Bonchev–Trinajstić information content (AvgIpc) is 1.36. The molecule has 0 bridgehead atoms. The van der Waals surface area contributed by atoms with E-state index in [1.165, 1.54) is 37.1 Å². The molecule has 8 N–H and O–H groups in total. The number of ether oxygens (including phenoxy) is 3. The summed E-state index contributed by atoms with van der Waals surface area (Å²) in [6.07, 6.45) is 2.53. The molecule has 2 unspecified atom stereocenters. The summed E-state index contributed by atoms with van der Waals surface area (Å²) < 4.78 is 46.2. The van der Waals surface area contributed by atoms with Gasteiger partial charge in [0.25, 0.3) is 0 Å². The molecule has 0 radical (unpaired) electrons. The Morgan fingerprint density at radius 3 is 2.01 bits per heavy atom. The Bertz CT molecular complexity index is 3360. The molecule has 30 heteroatoms. The summed E-state index contributed by atoms with van der Waals surface area (Å²) in [5, 5.41) is 31.1. The third kappa shape index (κ3) is 25.9. The fourth-order valence-corrected chi connectivity index (χ4v) is 17.0. The number of aliphatic hydroxyl groups is 1. The van der Waals surface area contributed by atoms with Crippen molar-refractivity contribution in [3.05, 3.63) is 76.7 Å². The highest BCUT2D eigenvalue weighted by molar-refractivity contribution is 8.03. The number of nitrogens with two attached hydrogens (primary N) is 1. The fourth-order valence-electron chi connectivity index (χ4n) is 13.9. The van der Waals surface area contributed by atoms with E-state index < -0.39 is 142 Å². The molecular formula is C74H115N9O18S3. The lowest BCUT2D eigenvalue weighted by Gasteiger charge is -2.41. The van der Waals surface area contributed by atoms with Gasteiger partial charge in [-0.05, 0) is 97.5 Å². The number of carboxylic acids is 1. The van der Waals surface area contributed by atoms with Crippen LogP contribution in [-0.4, -0.2) is 223 Å². The first kappa shape index (κ1) is 89.4. The first-order valence-electron chi connectivity index (χ1n) is 35.8. The van der Waals surface area contributed by atoms with Gasteiger partial charge in [-0.1, -0.05) is 118 Å². The number of methoxy groups -OCH3 is 2. The summed E-state index contributed by atoms with van der Waals surface area (Å²) in [6, 6.07) is 9.26. The van der Waals surface area contributed by atoms with Crippen molar-refractivity contribution in [2.45, 2.75) is 195 Å². The lowest BCUT2D eigenvalue weighted by Crippen LogP contribution is -2.54. The first-order chi connectivity index (χ1) is 49.0. The van der Waals surface area contributed by atoms with Gasteiger partial charge in [0, 0.05) is 109 Å². The molecule has 582 valence electrons. The Balaban J connectivity index is 1.44. The number of Topliss-reactive ketones (excluding diaryl/α,β-unsaturated/α-hetero) is 3. The van der Waals surface area contributed by atoms with Crippen LogP contribution in [0, 0.1) is 47.3 Å². The zero-order valence-corrected chi connectivity index (χ0v) is 65.9. The number of hydrogen-bond acceptors (Lipinski definition) is 19. The molecule has 27 nitrogen and oxygen atoms in total. The number of amides is 8. The second kappa shape index (κ2) is 43.0. The summed E-state index contributed by atoms with van der Waals surface area (Å²) in [4.78, 5) is 155. The topological polar surface area (TPSA) is 377 Å². The monoisotopic (exact) mass is 1510 g/mol. The van der Waals surface area contributed by atoms with E-state index in [0.717, 1.165) is 27.7 Å². The van der Waals surface area contributed by atoms with Crippen LogP contribution in [0.25, 0.3) is 0 Å². The van der Waals surface area contributed by atoms with Gasteiger partial charge < -0.3 is 66.1 Å². The molecule has 2 fully saturated rings. The highest BCUT2D eigenvalue weighted by Crippen LogP contribution is 2.34. The molecule has 2 saturated heterocycles. The van der Waals surface area contributed by atoms with Crippen molar-refractivity contribution in [2.24, 2.45) is 53.1 Å². The molecule has 2 aliphatic rings. The highest BCUT2D eigenvalue weighted by Gasteiger charge is 2.47. The summed E-state index contributed by atoms with van der Waals surface area (Å²) in [7, 11) is 2.09. The minimum absolute atomic E-state index is 0.0730. The second-order valence-electron chi connectivity index (χ2n) is 28.5. The number of ketones is 3. The predicted octanol–water partition coefficient (Wildman–Crippen LogP) is 7.45. The van der Waals surface area contributed by atoms with E-state index in [4.69, 9.17) is 19.9 Å². The molecule has 0 aromatic heterocycles. The van der Waals surface area contributed by atoms with Crippen LogP contribution in [0.5, 0.6) is 0 Å². The van der Waals surface area contributed by atoms with E-state index in [-0.39, 0.29) is 116 Å². The molecule has 2 aliphatic heterocycles. The number of carboxylic acid groups (broad SMARTS) is 1. The van der Waals surface area contributed by atoms with E-state index in [0.29, 0.717) is 37.1 Å². The summed E-state index contributed by atoms with van der Waals surface area (Å²) in [5.74, 6) is -9.44. The van der Waals surface area contributed by atoms with Crippen LogP contribution in [0.15, 0.2) is 65.6 Å². The lowest BCUT2D eigenvalue weighted by atomic mass is 9.83. The number of thioether (sulfide) groups is 2. The Labute approximate surface area is 623 Å². The smallest absolute Gasteiger partial charge is 0.410 e. The molecule has 2 aromatic rings. The van der Waals surface area contributed by atoms with Crippen molar-refractivity contribution >= 4 is 104 Å². The maximum absolute atomic E-state index is 14.9. The van der Waals surface area contributed by atoms with Gasteiger partial charge in [-0.15, -0.1) is 11.8 Å². The van der Waals surface area contributed by atoms with Gasteiger partial charge in [0.15, 0.2) is 11.6 Å². The minimum atomic E-state index is -4.09. The van der Waals surface area contributed by atoms with Crippen LogP contribution in [-0.2, 0) is 74.0 Å². The zero-order chi connectivity index (χ0) is 78.0. The number of likely N-dealkylation sites (N-methyl/N-ethyl adjacent to an activating group) is 2. The van der Waals surface area contributed by atoms with E-state index in [9.17, 15) is 71.4 Å². The largest absolute Gasteiger partial charge is 0.477 e. The summed E-state index contributed by atoms with van der Waals surface area (Å²) in [5.41, 5.74) is 6.83. The van der Waals surface area contributed by atoms with Crippen molar-refractivity contribution in [3.63, 3.8) is 0 Å². The highest BCUT2D eigenvalue weighted by atomic mass is 32.2. The summed E-state index contributed by atoms with van der Waals surface area (Å²) in [6.45, 7) is 18.2. The number of nitrogens with one attached hydrogen (secondary N) is 4. The SMILES string of the molecule is CCC(C)[C@@H](C(CC(=O)N1CCC[C@H]1[C@H](OC)[C@@H](C)C(=O)C[C@H](C)[C@@H](O)c1ccccc1)OC)N(C)C(=O)[C@@H](CC(=O)[C@H](C(C)C)N(C)C(=O)OCc1ccc(NC(=O)[C@H](CCCNC(N)=O)CC(=O)[C@@H](NC(=O)[C@@H]2C[C@H](NC(=O)/C=C(/SC)C(=O)O)CN2S(=O)(=O)CCSC)C(C)C)cc1)C(C)C. The maximum atomic E-state index is 14.9. The van der Waals surface area contributed by atoms with Crippen molar-refractivity contribution in [1.29, 1.82) is 0 Å². The summed E-state index contributed by atoms with van der Waals surface area (Å²) >= 11 is 2.10. The Morgan fingerprint density at radius 2 is 1.45 bits per heavy atom. The number of aliphatic hydroxyl groups excluding tert-OH is 1. The van der Waals surface area contributed by atoms with Crippen molar-refractivity contribution in [1.82, 2.24) is 35.0 Å². The number of hydrogen-bond donors (Lipinski definition) is 7. The lowest BCUT2D eigenvalue weighted by molar-refractivity contribution is -0.149. The third-order valence-electron chi connectivity index (χ3n) is 20.0. The molecule has 0 aliphatic carbocycles. The number of primary amides is 1. The van der Waals surface area contributed by atoms with Crippen LogP contribution >= 0.6 is 23.5 Å².